The van der Waals surface area contributed by atoms with E-state index in [1.807, 2.05) is 0 Å². The summed E-state index contributed by atoms with van der Waals surface area (Å²) < 4.78 is 21.3. The molecular weight excluding hydrogens is 776 g/mol. The lowest BCUT2D eigenvalue weighted by atomic mass is 10.1. The Morgan fingerprint density at radius 2 is 0.708 bits per heavy atom. The summed E-state index contributed by atoms with van der Waals surface area (Å²) in [6.07, 6.45) is 0. The second-order valence-electron chi connectivity index (χ2n) is 13.7. The van der Waals surface area contributed by atoms with Crippen LogP contribution in [0.15, 0.2) is 11.1 Å². The fraction of sp³-hybridized carbons (Fsp3) is 0.722. The van der Waals surface area contributed by atoms with E-state index in [1.54, 1.807) is 13.8 Å². The highest BCUT2D eigenvalue weighted by atomic mass is 79.9. The van der Waals surface area contributed by atoms with Gasteiger partial charge in [-0.3, -0.25) is 19.2 Å². The number of carbonyl (C=O) groups excluding carboxylic acids is 4. The van der Waals surface area contributed by atoms with Crippen molar-refractivity contribution in [3.05, 3.63) is 11.1 Å². The molecule has 0 spiro atoms. The lowest BCUT2D eigenvalue weighted by molar-refractivity contribution is -0.154. The summed E-state index contributed by atoms with van der Waals surface area (Å²) in [5.41, 5.74) is 10.0. The lowest BCUT2D eigenvalue weighted by Crippen LogP contribution is -2.43. The molecule has 2 atom stereocenters. The summed E-state index contributed by atoms with van der Waals surface area (Å²) in [7, 11) is -4.56. The van der Waals surface area contributed by atoms with E-state index in [0.717, 1.165) is 0 Å². The molecule has 0 aliphatic heterocycles. The first kappa shape index (κ1) is 46.1. The number of carbonyl (C=O) groups is 4. The van der Waals surface area contributed by atoms with E-state index < -0.39 is 49.7 Å². The van der Waals surface area contributed by atoms with Crippen LogP contribution >= 0.6 is 31.9 Å². The Morgan fingerprint density at radius 3 is 0.917 bits per heavy atom. The molecule has 2 unspecified atom stereocenters. The van der Waals surface area contributed by atoms with Crippen molar-refractivity contribution in [3.63, 3.8) is 0 Å². The van der Waals surface area contributed by atoms with E-state index in [0.29, 0.717) is 44.4 Å². The van der Waals surface area contributed by atoms with Gasteiger partial charge < -0.3 is 18.9 Å². The first-order valence-corrected chi connectivity index (χ1v) is 23.2. The standard InChI is InChI=1S/C36H58Br2O8Si2/c1-15-43-33(39)31(37)35(41)45-21-29(17-19-47(23(3)4,24(5)6)25(7)8)30(22-46-36(42)32(38)34(40)44-16-2)18-20-48(26(9)10,27(11)12)28(13)14/h23-28,31-32H,15-16,21-22H2,1-14H3/b30-29+. The topological polar surface area (TPSA) is 105 Å². The average molecular weight is 835 g/mol. The molecule has 0 aliphatic carbocycles. The summed E-state index contributed by atoms with van der Waals surface area (Å²) in [5.74, 6) is 3.55. The number of esters is 4. The fourth-order valence-corrected chi connectivity index (χ4v) is 17.7. The SMILES string of the molecule is CCOC(=O)C(Br)C(=O)OC/C(C#C[Si](C(C)C)(C(C)C)C(C)C)=C(\C#C[Si](C(C)C)(C(C)C)C(C)C)COC(=O)C(Br)C(=O)OCC. The van der Waals surface area contributed by atoms with Crippen LogP contribution in [0.4, 0.5) is 0 Å². The lowest BCUT2D eigenvalue weighted by Gasteiger charge is -2.38. The molecule has 0 saturated carbocycles. The van der Waals surface area contributed by atoms with Gasteiger partial charge in [0.1, 0.15) is 29.4 Å². The van der Waals surface area contributed by atoms with Crippen molar-refractivity contribution < 1.29 is 38.1 Å². The third kappa shape index (κ3) is 12.2. The van der Waals surface area contributed by atoms with Crippen LogP contribution in [0, 0.1) is 22.9 Å². The highest BCUT2D eigenvalue weighted by Crippen LogP contribution is 2.42. The van der Waals surface area contributed by atoms with E-state index in [9.17, 15) is 19.2 Å². The van der Waals surface area contributed by atoms with Gasteiger partial charge in [0.15, 0.2) is 0 Å². The van der Waals surface area contributed by atoms with Crippen LogP contribution in [0.2, 0.25) is 33.2 Å². The highest BCUT2D eigenvalue weighted by molar-refractivity contribution is 9.10. The zero-order valence-electron chi connectivity index (χ0n) is 31.5. The second-order valence-corrected chi connectivity index (χ2v) is 26.7. The van der Waals surface area contributed by atoms with Gasteiger partial charge in [-0.15, -0.1) is 11.1 Å². The van der Waals surface area contributed by atoms with E-state index in [1.165, 1.54) is 0 Å². The third-order valence-electron chi connectivity index (χ3n) is 9.07. The number of rotatable bonds is 16. The minimum Gasteiger partial charge on any atom is -0.465 e. The predicted molar refractivity (Wildman–Crippen MR) is 205 cm³/mol. The molecule has 0 radical (unpaired) electrons. The maximum atomic E-state index is 13.0. The smallest absolute Gasteiger partial charge is 0.331 e. The van der Waals surface area contributed by atoms with Crippen molar-refractivity contribution in [2.24, 2.45) is 0 Å². The largest absolute Gasteiger partial charge is 0.465 e. The third-order valence-corrected chi connectivity index (χ3v) is 23.2. The van der Waals surface area contributed by atoms with Gasteiger partial charge in [0.05, 0.1) is 24.4 Å². The molecule has 0 saturated heterocycles. The Morgan fingerprint density at radius 1 is 0.479 bits per heavy atom. The van der Waals surface area contributed by atoms with Crippen molar-refractivity contribution in [3.8, 4) is 22.9 Å². The van der Waals surface area contributed by atoms with Gasteiger partial charge in [-0.25, -0.2) is 0 Å². The van der Waals surface area contributed by atoms with Gasteiger partial charge in [0.25, 0.3) is 0 Å². The van der Waals surface area contributed by atoms with Crippen molar-refractivity contribution in [2.45, 2.75) is 140 Å². The number of hydrogen-bond acceptors (Lipinski definition) is 8. The van der Waals surface area contributed by atoms with Crippen LogP contribution < -0.4 is 0 Å². The monoisotopic (exact) mass is 832 g/mol. The van der Waals surface area contributed by atoms with Crippen LogP contribution in [0.5, 0.6) is 0 Å². The maximum Gasteiger partial charge on any atom is 0.331 e. The van der Waals surface area contributed by atoms with E-state index >= 15 is 0 Å². The molecule has 0 aromatic rings. The minimum absolute atomic E-state index is 0.107. The fourth-order valence-electron chi connectivity index (χ4n) is 6.69. The first-order valence-electron chi connectivity index (χ1n) is 16.9. The Labute approximate surface area is 308 Å². The number of alkyl halides is 2. The Balaban J connectivity index is 7.70. The average Bonchev–Trinajstić information content (AvgIpc) is 2.98. The van der Waals surface area contributed by atoms with Gasteiger partial charge in [0, 0.05) is 0 Å². The van der Waals surface area contributed by atoms with E-state index in [-0.39, 0.29) is 26.4 Å². The summed E-state index contributed by atoms with van der Waals surface area (Å²) in [6, 6.07) is 0. The summed E-state index contributed by atoms with van der Waals surface area (Å²) in [4.78, 5) is 47.9. The molecule has 0 fully saturated rings. The molecule has 0 bridgehead atoms. The molecule has 0 aromatic carbocycles. The molecule has 272 valence electrons. The van der Waals surface area contributed by atoms with E-state index in [2.05, 4.69) is 138 Å². The summed E-state index contributed by atoms with van der Waals surface area (Å²) >= 11 is 6.17. The Bertz CT molecular complexity index is 1130. The van der Waals surface area contributed by atoms with Gasteiger partial charge in [-0.1, -0.05) is 127 Å². The van der Waals surface area contributed by atoms with Crippen LogP contribution in [-0.2, 0) is 38.1 Å². The van der Waals surface area contributed by atoms with Gasteiger partial charge >= 0.3 is 23.9 Å². The number of ether oxygens (including phenoxy) is 4. The molecule has 0 rings (SSSR count). The van der Waals surface area contributed by atoms with E-state index in [4.69, 9.17) is 18.9 Å². The molecule has 48 heavy (non-hydrogen) atoms. The zero-order valence-corrected chi connectivity index (χ0v) is 36.6. The Kier molecular flexibility index (Phi) is 20.5. The van der Waals surface area contributed by atoms with Crippen LogP contribution in [0.3, 0.4) is 0 Å². The number of halogens is 2. The van der Waals surface area contributed by atoms with Crippen molar-refractivity contribution in [2.75, 3.05) is 26.4 Å². The number of hydrogen-bond donors (Lipinski definition) is 0. The van der Waals surface area contributed by atoms with Crippen LogP contribution in [-0.4, -0.2) is 76.1 Å². The zero-order chi connectivity index (χ0) is 37.6. The molecule has 8 nitrogen and oxygen atoms in total. The van der Waals surface area contributed by atoms with Gasteiger partial charge in [-0.2, -0.15) is 0 Å². The van der Waals surface area contributed by atoms with Crippen molar-refractivity contribution in [1.82, 2.24) is 0 Å². The van der Waals surface area contributed by atoms with Crippen LogP contribution in [0.1, 0.15) is 96.9 Å². The minimum atomic E-state index is -2.28. The maximum absolute atomic E-state index is 13.0. The van der Waals surface area contributed by atoms with Gasteiger partial charge in [-0.05, 0) is 47.1 Å². The Hall–Kier alpha value is -1.87. The summed E-state index contributed by atoms with van der Waals surface area (Å²) in [6.45, 7) is 29.2. The molecule has 0 amide bonds. The highest BCUT2D eigenvalue weighted by Gasteiger charge is 2.43. The van der Waals surface area contributed by atoms with Crippen molar-refractivity contribution >= 4 is 71.9 Å². The van der Waals surface area contributed by atoms with Crippen LogP contribution in [0.25, 0.3) is 0 Å². The molecule has 0 heterocycles. The second kappa shape index (κ2) is 21.4. The molecule has 0 N–H and O–H groups in total. The van der Waals surface area contributed by atoms with Crippen molar-refractivity contribution in [1.29, 1.82) is 0 Å². The molecule has 0 aliphatic rings. The quantitative estimate of drug-likeness (QED) is 0.0381. The first-order chi connectivity index (χ1) is 22.2. The molecular formula is C36H58Br2O8Si2. The summed E-state index contributed by atoms with van der Waals surface area (Å²) in [5, 5.41) is 0. The normalized spacial score (nSPS) is 13.8. The van der Waals surface area contributed by atoms with Gasteiger partial charge in [0.2, 0.25) is 9.65 Å². The molecule has 12 heteroatoms. The molecule has 0 aromatic heterocycles. The predicted octanol–water partition coefficient (Wildman–Crippen LogP) is 8.47.